The van der Waals surface area contributed by atoms with Crippen molar-refractivity contribution in [1.29, 1.82) is 0 Å². The van der Waals surface area contributed by atoms with Crippen LogP contribution in [0.4, 0.5) is 13.2 Å². The predicted octanol–water partition coefficient (Wildman–Crippen LogP) is 2.83. The Kier molecular flexibility index (Phi) is 3.73. The Morgan fingerprint density at radius 2 is 1.89 bits per heavy atom. The molecular formula is C13H15F3O3. The van der Waals surface area contributed by atoms with Crippen LogP contribution >= 0.6 is 0 Å². The number of ether oxygens (including phenoxy) is 2. The number of hydrogen-bond donors (Lipinski definition) is 1. The highest BCUT2D eigenvalue weighted by atomic mass is 19.4. The van der Waals surface area contributed by atoms with Crippen molar-refractivity contribution < 1.29 is 27.8 Å². The molecule has 3 nitrogen and oxygen atoms in total. The van der Waals surface area contributed by atoms with Crippen LogP contribution in [0.25, 0.3) is 0 Å². The topological polar surface area (TPSA) is 38.7 Å². The molecule has 1 N–H and O–H groups in total. The molecule has 1 atom stereocenters. The molecule has 0 radical (unpaired) electrons. The third-order valence-electron chi connectivity index (χ3n) is 3.20. The fraction of sp³-hybridized carbons (Fsp3) is 0.538. The predicted molar refractivity (Wildman–Crippen MR) is 61.6 cm³/mol. The van der Waals surface area contributed by atoms with Gasteiger partial charge in [-0.25, -0.2) is 0 Å². The van der Waals surface area contributed by atoms with Gasteiger partial charge >= 0.3 is 6.36 Å². The van der Waals surface area contributed by atoms with Gasteiger partial charge in [-0.05, 0) is 24.8 Å². The van der Waals surface area contributed by atoms with Gasteiger partial charge in [-0.2, -0.15) is 0 Å². The SMILES string of the molecule is COCC(O)(c1ccccc1OC(F)(F)F)C1CC1. The standard InChI is InChI=1S/C13H15F3O3/c1-18-8-12(17,9-6-7-9)10-4-2-3-5-11(10)19-13(14,15)16/h2-5,9,17H,6-8H2,1H3. The molecule has 0 amide bonds. The van der Waals surface area contributed by atoms with Gasteiger partial charge in [-0.15, -0.1) is 13.2 Å². The van der Waals surface area contributed by atoms with E-state index in [1.54, 1.807) is 6.07 Å². The van der Waals surface area contributed by atoms with Gasteiger partial charge in [-0.3, -0.25) is 0 Å². The first kappa shape index (κ1) is 14.1. The molecule has 1 fully saturated rings. The first-order chi connectivity index (χ1) is 8.87. The van der Waals surface area contributed by atoms with Crippen molar-refractivity contribution in [2.24, 2.45) is 5.92 Å². The van der Waals surface area contributed by atoms with Gasteiger partial charge in [0.1, 0.15) is 11.4 Å². The Morgan fingerprint density at radius 1 is 1.26 bits per heavy atom. The minimum absolute atomic E-state index is 0.0596. The number of methoxy groups -OCH3 is 1. The Balaban J connectivity index is 2.37. The van der Waals surface area contributed by atoms with E-state index in [0.29, 0.717) is 0 Å². The number of aliphatic hydroxyl groups is 1. The largest absolute Gasteiger partial charge is 0.573 e. The lowest BCUT2D eigenvalue weighted by Gasteiger charge is -2.29. The van der Waals surface area contributed by atoms with Crippen LogP contribution in [0.15, 0.2) is 24.3 Å². The molecule has 0 spiro atoms. The van der Waals surface area contributed by atoms with Crippen LogP contribution in [0.1, 0.15) is 18.4 Å². The summed E-state index contributed by atoms with van der Waals surface area (Å²) < 4.78 is 46.1. The second kappa shape index (κ2) is 5.02. The summed E-state index contributed by atoms with van der Waals surface area (Å²) in [5.41, 5.74) is -1.31. The normalized spacial score (nSPS) is 19.0. The van der Waals surface area contributed by atoms with Gasteiger partial charge in [0, 0.05) is 12.7 Å². The van der Waals surface area contributed by atoms with Gasteiger partial charge in [0.2, 0.25) is 0 Å². The van der Waals surface area contributed by atoms with E-state index < -0.39 is 12.0 Å². The van der Waals surface area contributed by atoms with Crippen molar-refractivity contribution >= 4 is 0 Å². The third-order valence-corrected chi connectivity index (χ3v) is 3.20. The number of alkyl halides is 3. The Bertz CT molecular complexity index is 443. The molecule has 106 valence electrons. The number of hydrogen-bond acceptors (Lipinski definition) is 3. The lowest BCUT2D eigenvalue weighted by atomic mass is 9.89. The summed E-state index contributed by atoms with van der Waals surface area (Å²) in [6.45, 7) is -0.0596. The molecule has 19 heavy (non-hydrogen) atoms. The van der Waals surface area contributed by atoms with E-state index in [0.717, 1.165) is 12.8 Å². The molecule has 1 aromatic rings. The lowest BCUT2D eigenvalue weighted by molar-refractivity contribution is -0.275. The highest BCUT2D eigenvalue weighted by Crippen LogP contribution is 2.48. The first-order valence-electron chi connectivity index (χ1n) is 5.93. The summed E-state index contributed by atoms with van der Waals surface area (Å²) in [6.07, 6.45) is -3.26. The molecule has 1 aliphatic rings. The van der Waals surface area contributed by atoms with E-state index in [-0.39, 0.29) is 23.8 Å². The van der Waals surface area contributed by atoms with Crippen molar-refractivity contribution in [3.8, 4) is 5.75 Å². The minimum atomic E-state index is -4.78. The smallest absolute Gasteiger partial charge is 0.405 e. The fourth-order valence-electron chi connectivity index (χ4n) is 2.23. The molecule has 1 unspecified atom stereocenters. The van der Waals surface area contributed by atoms with E-state index in [1.165, 1.54) is 25.3 Å². The van der Waals surface area contributed by atoms with Crippen LogP contribution in [0.3, 0.4) is 0 Å². The zero-order chi connectivity index (χ0) is 14.1. The van der Waals surface area contributed by atoms with Crippen LogP contribution in [-0.4, -0.2) is 25.2 Å². The van der Waals surface area contributed by atoms with E-state index in [9.17, 15) is 18.3 Å². The summed E-state index contributed by atoms with van der Waals surface area (Å²) in [7, 11) is 1.40. The second-order valence-electron chi connectivity index (χ2n) is 4.68. The molecular weight excluding hydrogens is 261 g/mol. The van der Waals surface area contributed by atoms with Gasteiger partial charge in [-0.1, -0.05) is 18.2 Å². The Hall–Kier alpha value is -1.27. The highest BCUT2D eigenvalue weighted by Gasteiger charge is 2.47. The summed E-state index contributed by atoms with van der Waals surface area (Å²) in [5.74, 6) is -0.466. The zero-order valence-corrected chi connectivity index (χ0v) is 10.4. The minimum Gasteiger partial charge on any atom is -0.405 e. The number of benzene rings is 1. The van der Waals surface area contributed by atoms with Gasteiger partial charge < -0.3 is 14.6 Å². The molecule has 2 rings (SSSR count). The van der Waals surface area contributed by atoms with Crippen LogP contribution < -0.4 is 4.74 Å². The van der Waals surface area contributed by atoms with Crippen LogP contribution in [-0.2, 0) is 10.3 Å². The van der Waals surface area contributed by atoms with E-state index in [2.05, 4.69) is 4.74 Å². The van der Waals surface area contributed by atoms with E-state index in [4.69, 9.17) is 4.74 Å². The van der Waals surface area contributed by atoms with Crippen molar-refractivity contribution in [2.45, 2.75) is 24.8 Å². The van der Waals surface area contributed by atoms with E-state index >= 15 is 0 Å². The fourth-order valence-corrected chi connectivity index (χ4v) is 2.23. The van der Waals surface area contributed by atoms with Crippen LogP contribution in [0.2, 0.25) is 0 Å². The van der Waals surface area contributed by atoms with Crippen molar-refractivity contribution in [3.63, 3.8) is 0 Å². The monoisotopic (exact) mass is 276 g/mol. The molecule has 1 aromatic carbocycles. The molecule has 0 heterocycles. The Morgan fingerprint density at radius 3 is 2.42 bits per heavy atom. The zero-order valence-electron chi connectivity index (χ0n) is 10.4. The molecule has 1 aliphatic carbocycles. The summed E-state index contributed by atoms with van der Waals surface area (Å²) >= 11 is 0. The second-order valence-corrected chi connectivity index (χ2v) is 4.68. The summed E-state index contributed by atoms with van der Waals surface area (Å²) in [4.78, 5) is 0. The van der Waals surface area contributed by atoms with Gasteiger partial charge in [0.05, 0.1) is 6.61 Å². The van der Waals surface area contributed by atoms with Gasteiger partial charge in [0.25, 0.3) is 0 Å². The molecule has 0 aromatic heterocycles. The molecule has 0 saturated heterocycles. The number of para-hydroxylation sites is 1. The number of rotatable bonds is 5. The van der Waals surface area contributed by atoms with Gasteiger partial charge in [0.15, 0.2) is 0 Å². The lowest BCUT2D eigenvalue weighted by Crippen LogP contribution is -2.35. The van der Waals surface area contributed by atoms with E-state index in [1.807, 2.05) is 0 Å². The molecule has 6 heteroatoms. The average molecular weight is 276 g/mol. The molecule has 1 saturated carbocycles. The molecule has 0 aliphatic heterocycles. The van der Waals surface area contributed by atoms with Crippen molar-refractivity contribution in [1.82, 2.24) is 0 Å². The van der Waals surface area contributed by atoms with Crippen molar-refractivity contribution in [3.05, 3.63) is 29.8 Å². The third kappa shape index (κ3) is 3.19. The molecule has 0 bridgehead atoms. The quantitative estimate of drug-likeness (QED) is 0.898. The van der Waals surface area contributed by atoms with Crippen LogP contribution in [0.5, 0.6) is 5.75 Å². The summed E-state index contributed by atoms with van der Waals surface area (Å²) in [5, 5.41) is 10.6. The number of halogens is 3. The van der Waals surface area contributed by atoms with Crippen molar-refractivity contribution in [2.75, 3.05) is 13.7 Å². The maximum atomic E-state index is 12.4. The van der Waals surface area contributed by atoms with Crippen LogP contribution in [0, 0.1) is 5.92 Å². The maximum absolute atomic E-state index is 12.4. The highest BCUT2D eigenvalue weighted by molar-refractivity contribution is 5.39. The first-order valence-corrected chi connectivity index (χ1v) is 5.93. The maximum Gasteiger partial charge on any atom is 0.573 e. The average Bonchev–Trinajstić information content (AvgIpc) is 3.11. The summed E-state index contributed by atoms with van der Waals surface area (Å²) in [6, 6.07) is 5.65. The Labute approximate surface area is 108 Å².